The topological polar surface area (TPSA) is 17.8 Å². The van der Waals surface area contributed by atoms with Crippen LogP contribution in [0.4, 0.5) is 0 Å². The van der Waals surface area contributed by atoms with Gasteiger partial charge in [-0.15, -0.1) is 11.6 Å². The van der Waals surface area contributed by atoms with E-state index in [-0.39, 0.29) is 5.38 Å². The number of hydrogen-bond acceptors (Lipinski definition) is 1. The zero-order chi connectivity index (χ0) is 12.1. The van der Waals surface area contributed by atoms with Gasteiger partial charge in [0.1, 0.15) is 0 Å². The molecular weight excluding hydrogens is 288 g/mol. The van der Waals surface area contributed by atoms with Crippen molar-refractivity contribution in [3.63, 3.8) is 0 Å². The van der Waals surface area contributed by atoms with Gasteiger partial charge in [-0.1, -0.05) is 13.3 Å². The minimum atomic E-state index is 0.285. The summed E-state index contributed by atoms with van der Waals surface area (Å²) in [6, 6.07) is 0.404. The number of alkyl halides is 1. The van der Waals surface area contributed by atoms with Gasteiger partial charge in [-0.25, -0.2) is 0 Å². The SMILES string of the molecule is CCCC(Cl)CCc1c(Br)cnn1C(C)C. The second kappa shape index (κ2) is 6.65. The van der Waals surface area contributed by atoms with Gasteiger partial charge in [-0.2, -0.15) is 5.10 Å². The van der Waals surface area contributed by atoms with Crippen LogP contribution in [0.15, 0.2) is 10.7 Å². The largest absolute Gasteiger partial charge is 0.266 e. The number of rotatable bonds is 6. The van der Waals surface area contributed by atoms with E-state index < -0.39 is 0 Å². The minimum Gasteiger partial charge on any atom is -0.266 e. The highest BCUT2D eigenvalue weighted by Gasteiger charge is 2.13. The molecule has 0 radical (unpaired) electrons. The van der Waals surface area contributed by atoms with Crippen LogP contribution in [0.1, 0.15) is 51.8 Å². The van der Waals surface area contributed by atoms with Gasteiger partial charge in [-0.3, -0.25) is 4.68 Å². The molecule has 1 aromatic heterocycles. The number of hydrogen-bond donors (Lipinski definition) is 0. The van der Waals surface area contributed by atoms with Crippen LogP contribution in [0.3, 0.4) is 0 Å². The van der Waals surface area contributed by atoms with Crippen molar-refractivity contribution in [2.75, 3.05) is 0 Å². The van der Waals surface area contributed by atoms with Gasteiger partial charge < -0.3 is 0 Å². The second-order valence-electron chi connectivity index (χ2n) is 4.40. The molecule has 1 unspecified atom stereocenters. The molecule has 0 aliphatic heterocycles. The van der Waals surface area contributed by atoms with Gasteiger partial charge in [0.2, 0.25) is 0 Å². The Morgan fingerprint density at radius 3 is 2.69 bits per heavy atom. The Bertz CT molecular complexity index is 323. The standard InChI is InChI=1S/C12H20BrClN2/c1-4-5-10(14)6-7-12-11(13)8-15-16(12)9(2)3/h8-10H,4-7H2,1-3H3. The molecule has 0 aliphatic rings. The molecule has 0 spiro atoms. The third-order valence-electron chi connectivity index (χ3n) is 2.63. The van der Waals surface area contributed by atoms with Crippen molar-refractivity contribution in [1.82, 2.24) is 9.78 Å². The van der Waals surface area contributed by atoms with Gasteiger partial charge in [0.25, 0.3) is 0 Å². The van der Waals surface area contributed by atoms with Crippen LogP contribution < -0.4 is 0 Å². The molecule has 1 aromatic rings. The van der Waals surface area contributed by atoms with Gasteiger partial charge in [0.15, 0.2) is 0 Å². The summed E-state index contributed by atoms with van der Waals surface area (Å²) < 4.78 is 3.17. The van der Waals surface area contributed by atoms with Gasteiger partial charge >= 0.3 is 0 Å². The molecule has 0 saturated heterocycles. The quantitative estimate of drug-likeness (QED) is 0.704. The lowest BCUT2D eigenvalue weighted by molar-refractivity contribution is 0.501. The fraction of sp³-hybridized carbons (Fsp3) is 0.750. The van der Waals surface area contributed by atoms with E-state index in [1.165, 1.54) is 5.69 Å². The van der Waals surface area contributed by atoms with Crippen LogP contribution in [0.25, 0.3) is 0 Å². The average Bonchev–Trinajstić information content (AvgIpc) is 2.57. The molecule has 0 bridgehead atoms. The Morgan fingerprint density at radius 1 is 1.44 bits per heavy atom. The number of halogens is 2. The summed E-state index contributed by atoms with van der Waals surface area (Å²) in [7, 11) is 0. The average molecular weight is 308 g/mol. The first kappa shape index (κ1) is 14.0. The maximum Gasteiger partial charge on any atom is 0.0635 e. The van der Waals surface area contributed by atoms with E-state index >= 15 is 0 Å². The summed E-state index contributed by atoms with van der Waals surface area (Å²) in [5, 5.41) is 4.65. The Morgan fingerprint density at radius 2 is 2.12 bits per heavy atom. The predicted molar refractivity (Wildman–Crippen MR) is 73.2 cm³/mol. The summed E-state index contributed by atoms with van der Waals surface area (Å²) in [4.78, 5) is 0. The second-order valence-corrected chi connectivity index (χ2v) is 5.87. The lowest BCUT2D eigenvalue weighted by Gasteiger charge is -2.13. The van der Waals surface area contributed by atoms with E-state index in [1.54, 1.807) is 0 Å². The molecule has 1 heterocycles. The Balaban J connectivity index is 2.62. The third-order valence-corrected chi connectivity index (χ3v) is 3.73. The molecule has 0 aromatic carbocycles. The summed E-state index contributed by atoms with van der Waals surface area (Å²) in [6.45, 7) is 6.46. The van der Waals surface area contributed by atoms with E-state index in [0.717, 1.165) is 30.2 Å². The van der Waals surface area contributed by atoms with Gasteiger partial charge in [-0.05, 0) is 49.0 Å². The highest BCUT2D eigenvalue weighted by Crippen LogP contribution is 2.23. The van der Waals surface area contributed by atoms with Crippen LogP contribution in [-0.2, 0) is 6.42 Å². The van der Waals surface area contributed by atoms with Crippen molar-refractivity contribution < 1.29 is 0 Å². The molecule has 4 heteroatoms. The Kier molecular flexibility index (Phi) is 5.84. The maximum absolute atomic E-state index is 6.24. The maximum atomic E-state index is 6.24. The molecule has 0 saturated carbocycles. The van der Waals surface area contributed by atoms with Crippen molar-refractivity contribution in [3.05, 3.63) is 16.4 Å². The normalized spacial score (nSPS) is 13.4. The van der Waals surface area contributed by atoms with Crippen molar-refractivity contribution in [1.29, 1.82) is 0 Å². The summed E-state index contributed by atoms with van der Waals surface area (Å²) >= 11 is 9.79. The molecule has 16 heavy (non-hydrogen) atoms. The molecular formula is C12H20BrClN2. The molecule has 0 N–H and O–H groups in total. The first-order valence-electron chi connectivity index (χ1n) is 5.92. The van der Waals surface area contributed by atoms with Crippen molar-refractivity contribution in [2.45, 2.75) is 57.9 Å². The van der Waals surface area contributed by atoms with Gasteiger partial charge in [0, 0.05) is 11.4 Å². The molecule has 1 atom stereocenters. The van der Waals surface area contributed by atoms with E-state index in [0.29, 0.717) is 6.04 Å². The molecule has 92 valence electrons. The Labute approximate surface area is 111 Å². The third kappa shape index (κ3) is 3.77. The van der Waals surface area contributed by atoms with E-state index in [9.17, 15) is 0 Å². The predicted octanol–water partition coefficient (Wildman–Crippen LogP) is 4.57. The fourth-order valence-electron chi connectivity index (χ4n) is 1.80. The molecule has 0 fully saturated rings. The van der Waals surface area contributed by atoms with Gasteiger partial charge in [0.05, 0.1) is 16.4 Å². The lowest BCUT2D eigenvalue weighted by Crippen LogP contribution is -2.10. The van der Waals surface area contributed by atoms with Crippen molar-refractivity contribution in [3.8, 4) is 0 Å². The van der Waals surface area contributed by atoms with E-state index in [1.807, 2.05) is 6.20 Å². The zero-order valence-electron chi connectivity index (χ0n) is 10.2. The van der Waals surface area contributed by atoms with Crippen molar-refractivity contribution in [2.24, 2.45) is 0 Å². The molecule has 1 rings (SSSR count). The highest BCUT2D eigenvalue weighted by molar-refractivity contribution is 9.10. The summed E-state index contributed by atoms with van der Waals surface area (Å²) in [6.07, 6.45) is 6.13. The first-order valence-corrected chi connectivity index (χ1v) is 7.15. The van der Waals surface area contributed by atoms with Crippen LogP contribution >= 0.6 is 27.5 Å². The zero-order valence-corrected chi connectivity index (χ0v) is 12.6. The minimum absolute atomic E-state index is 0.285. The van der Waals surface area contributed by atoms with Crippen LogP contribution in [0.5, 0.6) is 0 Å². The molecule has 2 nitrogen and oxygen atoms in total. The fourth-order valence-corrected chi connectivity index (χ4v) is 2.60. The highest BCUT2D eigenvalue weighted by atomic mass is 79.9. The molecule has 0 aliphatic carbocycles. The van der Waals surface area contributed by atoms with Crippen molar-refractivity contribution >= 4 is 27.5 Å². The Hall–Kier alpha value is -0.0200. The first-order chi connectivity index (χ1) is 7.56. The van der Waals surface area contributed by atoms with E-state index in [2.05, 4.69) is 46.5 Å². The number of nitrogens with zero attached hydrogens (tertiary/aromatic N) is 2. The smallest absolute Gasteiger partial charge is 0.0635 e. The lowest BCUT2D eigenvalue weighted by atomic mass is 10.1. The van der Waals surface area contributed by atoms with Crippen LogP contribution in [0.2, 0.25) is 0 Å². The monoisotopic (exact) mass is 306 g/mol. The van der Waals surface area contributed by atoms with E-state index in [4.69, 9.17) is 11.6 Å². The van der Waals surface area contributed by atoms with Crippen LogP contribution in [-0.4, -0.2) is 15.2 Å². The number of aromatic nitrogens is 2. The summed E-state index contributed by atoms with van der Waals surface area (Å²) in [5.74, 6) is 0. The molecule has 0 amide bonds. The van der Waals surface area contributed by atoms with Crippen LogP contribution in [0, 0.1) is 0 Å². The summed E-state index contributed by atoms with van der Waals surface area (Å²) in [5.41, 5.74) is 1.26.